The maximum atomic E-state index is 13.1. The van der Waals surface area contributed by atoms with Crippen molar-refractivity contribution in [1.82, 2.24) is 10.6 Å². The minimum Gasteiger partial charge on any atom is -0.481 e. The molecule has 0 unspecified atom stereocenters. The van der Waals surface area contributed by atoms with Gasteiger partial charge in [-0.2, -0.15) is 0 Å². The van der Waals surface area contributed by atoms with Crippen LogP contribution in [0.4, 0.5) is 4.79 Å². The van der Waals surface area contributed by atoms with Crippen LogP contribution in [0.2, 0.25) is 0 Å². The number of esters is 1. The summed E-state index contributed by atoms with van der Waals surface area (Å²) < 4.78 is 10.4. The Morgan fingerprint density at radius 3 is 2.15 bits per heavy atom. The zero-order chi connectivity index (χ0) is 29.5. The number of ketones is 1. The van der Waals surface area contributed by atoms with E-state index in [1.165, 1.54) is 0 Å². The molecule has 0 radical (unpaired) electrons. The monoisotopic (exact) mass is 555 g/mol. The van der Waals surface area contributed by atoms with E-state index in [1.54, 1.807) is 50.2 Å². The molecule has 2 aromatic carbocycles. The first kappa shape index (κ1) is 32.0. The highest BCUT2D eigenvalue weighted by molar-refractivity contribution is 5.96. The summed E-state index contributed by atoms with van der Waals surface area (Å²) in [6.07, 6.45) is -0.239. The van der Waals surface area contributed by atoms with Crippen molar-refractivity contribution in [2.24, 2.45) is 5.73 Å². The minimum absolute atomic E-state index is 0.0497. The molecule has 2 atom stereocenters. The Kier molecular flexibility index (Phi) is 13.3. The highest BCUT2D eigenvalue weighted by atomic mass is 16.5. The summed E-state index contributed by atoms with van der Waals surface area (Å²) in [5.74, 6) is -3.12. The van der Waals surface area contributed by atoms with Crippen molar-refractivity contribution < 1.29 is 38.6 Å². The first-order chi connectivity index (χ1) is 19.1. The topological polar surface area (TPSA) is 174 Å². The molecule has 0 aromatic heterocycles. The van der Waals surface area contributed by atoms with Crippen molar-refractivity contribution in [3.05, 3.63) is 70.8 Å². The molecule has 2 rings (SSSR count). The summed E-state index contributed by atoms with van der Waals surface area (Å²) in [6, 6.07) is 11.9. The van der Waals surface area contributed by atoms with E-state index >= 15 is 0 Å². The fourth-order valence-electron chi connectivity index (χ4n) is 3.97. The first-order valence-electron chi connectivity index (χ1n) is 13.1. The van der Waals surface area contributed by atoms with Gasteiger partial charge in [0.15, 0.2) is 12.4 Å². The highest BCUT2D eigenvalue weighted by Crippen LogP contribution is 2.15. The van der Waals surface area contributed by atoms with E-state index in [4.69, 9.17) is 20.3 Å². The number of carbonyl (C=O) groups is 5. The molecule has 0 spiro atoms. The molecule has 2 amide bonds. The molecule has 0 saturated carbocycles. The summed E-state index contributed by atoms with van der Waals surface area (Å²) in [7, 11) is 0. The zero-order valence-corrected chi connectivity index (χ0v) is 22.8. The molecule has 40 heavy (non-hydrogen) atoms. The number of carboxylic acid groups (broad SMARTS) is 1. The van der Waals surface area contributed by atoms with Gasteiger partial charge in [0.1, 0.15) is 12.6 Å². The van der Waals surface area contributed by atoms with Crippen molar-refractivity contribution in [3.8, 4) is 0 Å². The third-order valence-electron chi connectivity index (χ3n) is 6.15. The van der Waals surface area contributed by atoms with Gasteiger partial charge in [0.05, 0.1) is 11.6 Å². The van der Waals surface area contributed by atoms with Gasteiger partial charge in [-0.15, -0.1) is 0 Å². The van der Waals surface area contributed by atoms with Crippen LogP contribution < -0.4 is 16.4 Å². The van der Waals surface area contributed by atoms with E-state index in [0.717, 1.165) is 5.56 Å². The Bertz CT molecular complexity index is 1150. The molecule has 11 heteroatoms. The van der Waals surface area contributed by atoms with E-state index in [9.17, 15) is 24.0 Å². The van der Waals surface area contributed by atoms with Crippen molar-refractivity contribution in [2.75, 3.05) is 13.2 Å². The summed E-state index contributed by atoms with van der Waals surface area (Å²) in [5.41, 5.74) is 8.07. The molecule has 0 aliphatic carbocycles. The second kappa shape index (κ2) is 16.7. The van der Waals surface area contributed by atoms with Gasteiger partial charge in [-0.05, 0) is 62.8 Å². The van der Waals surface area contributed by atoms with Crippen LogP contribution in [0, 0.1) is 13.8 Å². The number of ether oxygens (including phenoxy) is 2. The summed E-state index contributed by atoms with van der Waals surface area (Å²) >= 11 is 0. The molecular weight excluding hydrogens is 518 g/mol. The van der Waals surface area contributed by atoms with E-state index in [0.29, 0.717) is 36.1 Å². The second-order valence-electron chi connectivity index (χ2n) is 9.35. The Morgan fingerprint density at radius 2 is 1.52 bits per heavy atom. The molecule has 5 N–H and O–H groups in total. The van der Waals surface area contributed by atoms with Gasteiger partial charge in [0.25, 0.3) is 0 Å². The van der Waals surface area contributed by atoms with E-state index < -0.39 is 54.8 Å². The normalized spacial score (nSPS) is 12.1. The van der Waals surface area contributed by atoms with Crippen molar-refractivity contribution in [3.63, 3.8) is 0 Å². The van der Waals surface area contributed by atoms with Gasteiger partial charge >= 0.3 is 18.0 Å². The molecule has 0 saturated heterocycles. The van der Waals surface area contributed by atoms with Crippen LogP contribution in [-0.4, -0.2) is 60.1 Å². The number of alkyl carbamates (subject to hydrolysis) is 1. The quantitative estimate of drug-likeness (QED) is 0.179. The minimum atomic E-state index is -1.28. The Labute approximate surface area is 233 Å². The van der Waals surface area contributed by atoms with Crippen LogP contribution >= 0.6 is 0 Å². The highest BCUT2D eigenvalue weighted by Gasteiger charge is 2.28. The number of carbonyl (C=O) groups excluding carboxylic acids is 4. The average molecular weight is 556 g/mol. The lowest BCUT2D eigenvalue weighted by Crippen LogP contribution is -2.52. The van der Waals surface area contributed by atoms with Gasteiger partial charge < -0.3 is 30.9 Å². The number of hydrogen-bond acceptors (Lipinski definition) is 8. The van der Waals surface area contributed by atoms with E-state index in [2.05, 4.69) is 10.6 Å². The SMILES string of the molecule is Cc1cccc(C)c1C(=O)OCC(=O)[C@H](CCCCN)NC(=O)[C@H](CCC(=O)O)NC(=O)OCc1ccccc1. The van der Waals surface area contributed by atoms with Gasteiger partial charge in [-0.1, -0.05) is 48.5 Å². The smallest absolute Gasteiger partial charge is 0.408 e. The lowest BCUT2D eigenvalue weighted by molar-refractivity contribution is -0.137. The number of aryl methyl sites for hydroxylation is 2. The molecule has 0 aliphatic rings. The molecule has 0 aliphatic heterocycles. The standard InChI is InChI=1S/C29H37N3O8/c1-19-9-8-10-20(2)26(19)28(37)39-18-24(33)22(13-6-7-16-30)31-27(36)23(14-15-25(34)35)32-29(38)40-17-21-11-4-3-5-12-21/h3-5,8-12,22-23H,6-7,13-18,30H2,1-2H3,(H,31,36)(H,32,38)(H,34,35)/t22-,23-/m0/s1. The summed E-state index contributed by atoms with van der Waals surface area (Å²) in [5, 5.41) is 14.1. The average Bonchev–Trinajstić information content (AvgIpc) is 2.92. The summed E-state index contributed by atoms with van der Waals surface area (Å²) in [4.78, 5) is 62.3. The van der Waals surface area contributed by atoms with Gasteiger partial charge in [0.2, 0.25) is 5.91 Å². The number of nitrogens with one attached hydrogen (secondary N) is 2. The van der Waals surface area contributed by atoms with Crippen LogP contribution in [0.3, 0.4) is 0 Å². The number of carboxylic acids is 1. The van der Waals surface area contributed by atoms with Crippen LogP contribution in [0.5, 0.6) is 0 Å². The summed E-state index contributed by atoms with van der Waals surface area (Å²) in [6.45, 7) is 3.28. The second-order valence-corrected chi connectivity index (χ2v) is 9.35. The van der Waals surface area contributed by atoms with Crippen LogP contribution in [0.25, 0.3) is 0 Å². The predicted octanol–water partition coefficient (Wildman–Crippen LogP) is 2.80. The maximum Gasteiger partial charge on any atom is 0.408 e. The molecule has 0 fully saturated rings. The van der Waals surface area contributed by atoms with E-state index in [-0.39, 0.29) is 19.4 Å². The number of aliphatic carboxylic acids is 1. The number of hydrogen-bond donors (Lipinski definition) is 4. The van der Waals surface area contributed by atoms with E-state index in [1.807, 2.05) is 12.1 Å². The molecule has 0 heterocycles. The largest absolute Gasteiger partial charge is 0.481 e. The molecule has 0 bridgehead atoms. The molecule has 2 aromatic rings. The van der Waals surface area contributed by atoms with Crippen LogP contribution in [-0.2, 0) is 30.5 Å². The lowest BCUT2D eigenvalue weighted by atomic mass is 10.0. The number of benzene rings is 2. The Balaban J connectivity index is 2.07. The maximum absolute atomic E-state index is 13.1. The number of amides is 2. The Morgan fingerprint density at radius 1 is 0.850 bits per heavy atom. The van der Waals surface area contributed by atoms with Crippen molar-refractivity contribution >= 4 is 29.7 Å². The number of Topliss-reactive ketones (excluding diaryl/α,β-unsaturated/α-hetero) is 1. The predicted molar refractivity (Wildman–Crippen MR) is 146 cm³/mol. The lowest BCUT2D eigenvalue weighted by Gasteiger charge is -2.22. The van der Waals surface area contributed by atoms with Crippen molar-refractivity contribution in [2.45, 2.75) is 64.6 Å². The number of rotatable bonds is 16. The zero-order valence-electron chi connectivity index (χ0n) is 22.8. The van der Waals surface area contributed by atoms with Gasteiger partial charge in [-0.25, -0.2) is 9.59 Å². The number of unbranched alkanes of at least 4 members (excludes halogenated alkanes) is 1. The number of nitrogens with two attached hydrogens (primary N) is 1. The fourth-order valence-corrected chi connectivity index (χ4v) is 3.97. The molecule has 216 valence electrons. The van der Waals surface area contributed by atoms with Gasteiger partial charge in [0, 0.05) is 6.42 Å². The third-order valence-corrected chi connectivity index (χ3v) is 6.15. The first-order valence-corrected chi connectivity index (χ1v) is 13.1. The molecular formula is C29H37N3O8. The van der Waals surface area contributed by atoms with Crippen LogP contribution in [0.1, 0.15) is 59.2 Å². The van der Waals surface area contributed by atoms with Crippen molar-refractivity contribution in [1.29, 1.82) is 0 Å². The van der Waals surface area contributed by atoms with Gasteiger partial charge in [-0.3, -0.25) is 14.4 Å². The fraction of sp³-hybridized carbons (Fsp3) is 0.414. The van der Waals surface area contributed by atoms with Crippen LogP contribution in [0.15, 0.2) is 48.5 Å². The third kappa shape index (κ3) is 10.9. The Hall–Kier alpha value is -4.25. The molecule has 11 nitrogen and oxygen atoms in total.